The number of anilines is 1. The molecule has 0 bridgehead atoms. The summed E-state index contributed by atoms with van der Waals surface area (Å²) in [7, 11) is 0. The van der Waals surface area contributed by atoms with Crippen molar-refractivity contribution in [3.8, 4) is 0 Å². The number of amides is 2. The van der Waals surface area contributed by atoms with Gasteiger partial charge in [0.05, 0.1) is 0 Å². The molecule has 9 heteroatoms. The monoisotopic (exact) mass is 368 g/mol. The molecule has 0 aliphatic heterocycles. The molecule has 9 nitrogen and oxygen atoms in total. The molecule has 2 heterocycles. The number of nitrogens with one attached hydrogen (secondary N) is 3. The molecule has 0 aliphatic rings. The van der Waals surface area contributed by atoms with Crippen molar-refractivity contribution in [2.45, 2.75) is 39.7 Å². The van der Waals surface area contributed by atoms with Gasteiger partial charge in [-0.15, -0.1) is 10.2 Å². The fraction of sp³-hybridized carbons (Fsp3) is 0.389. The van der Waals surface area contributed by atoms with Crippen LogP contribution in [0.15, 0.2) is 30.6 Å². The number of hydrogen-bond donors (Lipinski definition) is 3. The zero-order valence-corrected chi connectivity index (χ0v) is 15.7. The van der Waals surface area contributed by atoms with Crippen LogP contribution in [0, 0.1) is 6.92 Å². The van der Waals surface area contributed by atoms with E-state index in [-0.39, 0.29) is 6.03 Å². The topological polar surface area (TPSA) is 113 Å². The minimum Gasteiger partial charge on any atom is -0.337 e. The highest BCUT2D eigenvalue weighted by Gasteiger charge is 2.08. The normalized spacial score (nSPS) is 11.0. The van der Waals surface area contributed by atoms with Crippen molar-refractivity contribution in [1.82, 2.24) is 35.3 Å². The van der Waals surface area contributed by atoms with E-state index in [0.717, 1.165) is 28.7 Å². The molecule has 3 N–H and O–H groups in total. The number of rotatable bonds is 7. The Hall–Kier alpha value is -3.23. The standard InChI is InChI=1S/C18H24N8O/c1-12(2)26-11-20-25-17(26)8-9-19-18(27)22-15-6-4-14(5-7-15)10-16-21-13(3)23-24-16/h4-7,11-12H,8-10H2,1-3H3,(H2,19,22,27)(H,21,23,24). The summed E-state index contributed by atoms with van der Waals surface area (Å²) in [6.45, 7) is 6.49. The van der Waals surface area contributed by atoms with Crippen LogP contribution >= 0.6 is 0 Å². The Morgan fingerprint density at radius 3 is 2.70 bits per heavy atom. The first-order valence-corrected chi connectivity index (χ1v) is 8.91. The molecule has 3 aromatic rings. The molecular formula is C18H24N8O. The van der Waals surface area contributed by atoms with Crippen LogP contribution in [0.4, 0.5) is 10.5 Å². The maximum atomic E-state index is 12.0. The Morgan fingerprint density at radius 1 is 1.26 bits per heavy atom. The molecule has 142 valence electrons. The van der Waals surface area contributed by atoms with Crippen LogP contribution in [0.5, 0.6) is 0 Å². The maximum Gasteiger partial charge on any atom is 0.319 e. The van der Waals surface area contributed by atoms with E-state index in [1.807, 2.05) is 35.8 Å². The fourth-order valence-corrected chi connectivity index (χ4v) is 2.70. The van der Waals surface area contributed by atoms with Gasteiger partial charge in [-0.3, -0.25) is 5.10 Å². The lowest BCUT2D eigenvalue weighted by Crippen LogP contribution is -2.31. The van der Waals surface area contributed by atoms with Gasteiger partial charge in [0, 0.05) is 31.1 Å². The molecule has 0 aliphatic carbocycles. The van der Waals surface area contributed by atoms with Gasteiger partial charge >= 0.3 is 6.03 Å². The largest absolute Gasteiger partial charge is 0.337 e. The minimum atomic E-state index is -0.247. The third kappa shape index (κ3) is 5.13. The third-order valence-corrected chi connectivity index (χ3v) is 4.06. The van der Waals surface area contributed by atoms with Crippen LogP contribution in [-0.4, -0.2) is 42.5 Å². The number of aromatic nitrogens is 6. The Morgan fingerprint density at radius 2 is 2.04 bits per heavy atom. The molecule has 27 heavy (non-hydrogen) atoms. The van der Waals surface area contributed by atoms with Crippen molar-refractivity contribution in [1.29, 1.82) is 0 Å². The van der Waals surface area contributed by atoms with E-state index < -0.39 is 0 Å². The molecule has 0 saturated carbocycles. The smallest absolute Gasteiger partial charge is 0.319 e. The fourth-order valence-electron chi connectivity index (χ4n) is 2.70. The third-order valence-electron chi connectivity index (χ3n) is 4.06. The van der Waals surface area contributed by atoms with Crippen molar-refractivity contribution in [2.75, 3.05) is 11.9 Å². The molecule has 3 rings (SSSR count). The molecule has 0 atom stereocenters. The lowest BCUT2D eigenvalue weighted by molar-refractivity contribution is 0.252. The summed E-state index contributed by atoms with van der Waals surface area (Å²) >= 11 is 0. The van der Waals surface area contributed by atoms with Crippen molar-refractivity contribution >= 4 is 11.7 Å². The van der Waals surface area contributed by atoms with Gasteiger partial charge in [0.2, 0.25) is 0 Å². The SMILES string of the molecule is Cc1nc(Cc2ccc(NC(=O)NCCc3nncn3C(C)C)cc2)n[nH]1. The van der Waals surface area contributed by atoms with Crippen molar-refractivity contribution < 1.29 is 4.79 Å². The second kappa shape index (κ2) is 8.43. The number of hydrogen-bond acceptors (Lipinski definition) is 5. The number of nitrogens with zero attached hydrogens (tertiary/aromatic N) is 5. The van der Waals surface area contributed by atoms with Gasteiger partial charge in [-0.2, -0.15) is 5.10 Å². The minimum absolute atomic E-state index is 0.247. The summed E-state index contributed by atoms with van der Waals surface area (Å²) in [6, 6.07) is 7.68. The van der Waals surface area contributed by atoms with E-state index in [1.54, 1.807) is 6.33 Å². The number of urea groups is 1. The van der Waals surface area contributed by atoms with Gasteiger partial charge < -0.3 is 15.2 Å². The number of benzene rings is 1. The first-order valence-electron chi connectivity index (χ1n) is 8.91. The zero-order chi connectivity index (χ0) is 19.2. The highest BCUT2D eigenvalue weighted by atomic mass is 16.2. The van der Waals surface area contributed by atoms with Gasteiger partial charge in [0.15, 0.2) is 5.82 Å². The van der Waals surface area contributed by atoms with Crippen LogP contribution in [0.25, 0.3) is 0 Å². The molecule has 0 unspecified atom stereocenters. The first kappa shape index (κ1) is 18.6. The summed E-state index contributed by atoms with van der Waals surface area (Å²) in [4.78, 5) is 16.3. The second-order valence-electron chi connectivity index (χ2n) is 6.59. The average Bonchev–Trinajstić information content (AvgIpc) is 3.26. The van der Waals surface area contributed by atoms with Crippen LogP contribution in [0.2, 0.25) is 0 Å². The molecule has 1 aromatic carbocycles. The Labute approximate surface area is 157 Å². The number of aromatic amines is 1. The van der Waals surface area contributed by atoms with E-state index in [2.05, 4.69) is 49.9 Å². The van der Waals surface area contributed by atoms with Gasteiger partial charge in [0.1, 0.15) is 18.0 Å². The Bertz CT molecular complexity index is 881. The van der Waals surface area contributed by atoms with Gasteiger partial charge in [0.25, 0.3) is 0 Å². The van der Waals surface area contributed by atoms with E-state index in [1.165, 1.54) is 0 Å². The van der Waals surface area contributed by atoms with Gasteiger partial charge in [-0.1, -0.05) is 12.1 Å². The zero-order valence-electron chi connectivity index (χ0n) is 15.7. The average molecular weight is 368 g/mol. The second-order valence-corrected chi connectivity index (χ2v) is 6.59. The predicted octanol–water partition coefficient (Wildman–Crippen LogP) is 2.24. The van der Waals surface area contributed by atoms with Gasteiger partial charge in [-0.05, 0) is 38.5 Å². The first-order chi connectivity index (χ1) is 13.0. The number of carbonyl (C=O) groups is 1. The number of H-pyrrole nitrogens is 1. The van der Waals surface area contributed by atoms with Gasteiger partial charge in [-0.25, -0.2) is 9.78 Å². The molecule has 0 fully saturated rings. The van der Waals surface area contributed by atoms with Crippen molar-refractivity contribution in [2.24, 2.45) is 0 Å². The quantitative estimate of drug-likeness (QED) is 0.592. The maximum absolute atomic E-state index is 12.0. The summed E-state index contributed by atoms with van der Waals surface area (Å²) < 4.78 is 1.99. The van der Waals surface area contributed by atoms with Crippen LogP contribution in [0.1, 0.15) is 42.9 Å². The Kier molecular flexibility index (Phi) is 5.80. The van der Waals surface area contributed by atoms with E-state index >= 15 is 0 Å². The summed E-state index contributed by atoms with van der Waals surface area (Å²) in [6.07, 6.45) is 2.98. The molecule has 0 saturated heterocycles. The lowest BCUT2D eigenvalue weighted by Gasteiger charge is -2.11. The van der Waals surface area contributed by atoms with E-state index in [4.69, 9.17) is 0 Å². The molecule has 0 spiro atoms. The summed E-state index contributed by atoms with van der Waals surface area (Å²) in [5.74, 6) is 2.41. The highest BCUT2D eigenvalue weighted by Crippen LogP contribution is 2.12. The summed E-state index contributed by atoms with van der Waals surface area (Å²) in [5, 5.41) is 20.6. The van der Waals surface area contributed by atoms with E-state index in [9.17, 15) is 4.79 Å². The number of aryl methyl sites for hydroxylation is 1. The predicted molar refractivity (Wildman–Crippen MR) is 102 cm³/mol. The summed E-state index contributed by atoms with van der Waals surface area (Å²) in [5.41, 5.74) is 1.81. The highest BCUT2D eigenvalue weighted by molar-refractivity contribution is 5.89. The molecule has 2 aromatic heterocycles. The lowest BCUT2D eigenvalue weighted by atomic mass is 10.1. The van der Waals surface area contributed by atoms with E-state index in [0.29, 0.717) is 25.4 Å². The number of carbonyl (C=O) groups excluding carboxylic acids is 1. The van der Waals surface area contributed by atoms with Crippen molar-refractivity contribution in [3.05, 3.63) is 53.6 Å². The molecular weight excluding hydrogens is 344 g/mol. The van der Waals surface area contributed by atoms with Crippen LogP contribution in [-0.2, 0) is 12.8 Å². The molecule has 0 radical (unpaired) electrons. The molecule has 2 amide bonds. The Balaban J connectivity index is 1.45. The van der Waals surface area contributed by atoms with Crippen molar-refractivity contribution in [3.63, 3.8) is 0 Å². The van der Waals surface area contributed by atoms with Crippen LogP contribution < -0.4 is 10.6 Å². The van der Waals surface area contributed by atoms with Crippen LogP contribution in [0.3, 0.4) is 0 Å².